The Labute approximate surface area is 421 Å². The van der Waals surface area contributed by atoms with Gasteiger partial charge in [0.25, 0.3) is 0 Å². The number of hydrogen-bond acceptors (Lipinski definition) is 6. The zero-order chi connectivity index (χ0) is 49.3. The van der Waals surface area contributed by atoms with E-state index in [0.29, 0.717) is 19.3 Å². The molecule has 6 nitrogen and oxygen atoms in total. The molecule has 0 radical (unpaired) electrons. The lowest BCUT2D eigenvalue weighted by Gasteiger charge is -2.18. The van der Waals surface area contributed by atoms with Crippen molar-refractivity contribution >= 4 is 17.9 Å². The molecule has 0 aromatic heterocycles. The molecule has 0 aliphatic heterocycles. The van der Waals surface area contributed by atoms with E-state index in [1.807, 2.05) is 12.2 Å². The van der Waals surface area contributed by atoms with Gasteiger partial charge < -0.3 is 14.2 Å². The van der Waals surface area contributed by atoms with Crippen LogP contribution in [-0.4, -0.2) is 37.2 Å². The highest BCUT2D eigenvalue weighted by atomic mass is 16.6. The first-order valence-electron chi connectivity index (χ1n) is 28.9. The molecular weight excluding hydrogens is 841 g/mol. The van der Waals surface area contributed by atoms with Crippen molar-refractivity contribution in [2.24, 2.45) is 0 Å². The zero-order valence-electron chi connectivity index (χ0n) is 44.9. The topological polar surface area (TPSA) is 78.9 Å². The van der Waals surface area contributed by atoms with Crippen molar-refractivity contribution in [1.29, 1.82) is 0 Å². The highest BCUT2D eigenvalue weighted by Crippen LogP contribution is 2.17. The van der Waals surface area contributed by atoms with Gasteiger partial charge >= 0.3 is 17.9 Å². The average molecular weight is 950 g/mol. The van der Waals surface area contributed by atoms with Crippen molar-refractivity contribution in [3.8, 4) is 0 Å². The minimum Gasteiger partial charge on any atom is -0.462 e. The highest BCUT2D eigenvalue weighted by Gasteiger charge is 2.19. The van der Waals surface area contributed by atoms with Crippen LogP contribution in [0.4, 0.5) is 0 Å². The van der Waals surface area contributed by atoms with Gasteiger partial charge in [0, 0.05) is 19.3 Å². The Balaban J connectivity index is 4.18. The van der Waals surface area contributed by atoms with E-state index in [4.69, 9.17) is 14.2 Å². The minimum absolute atomic E-state index is 0.103. The summed E-state index contributed by atoms with van der Waals surface area (Å²) >= 11 is 0. The third-order valence-electron chi connectivity index (χ3n) is 12.5. The van der Waals surface area contributed by atoms with Gasteiger partial charge in [-0.2, -0.15) is 0 Å². The van der Waals surface area contributed by atoms with E-state index in [2.05, 4.69) is 81.5 Å². The van der Waals surface area contributed by atoms with Crippen LogP contribution in [0, 0.1) is 0 Å². The Kier molecular flexibility index (Phi) is 53.8. The van der Waals surface area contributed by atoms with Gasteiger partial charge in [-0.1, -0.05) is 280 Å². The van der Waals surface area contributed by atoms with Gasteiger partial charge in [0.1, 0.15) is 13.2 Å². The lowest BCUT2D eigenvalue weighted by molar-refractivity contribution is -0.166. The normalized spacial score (nSPS) is 12.6. The first-order chi connectivity index (χ1) is 33.5. The second kappa shape index (κ2) is 56.4. The molecule has 0 bridgehead atoms. The van der Waals surface area contributed by atoms with Crippen LogP contribution in [0.3, 0.4) is 0 Å². The summed E-state index contributed by atoms with van der Waals surface area (Å²) in [7, 11) is 0. The lowest BCUT2D eigenvalue weighted by atomic mass is 10.0. The van der Waals surface area contributed by atoms with E-state index in [1.165, 1.54) is 161 Å². The summed E-state index contributed by atoms with van der Waals surface area (Å²) in [6, 6.07) is 0. The molecule has 1 unspecified atom stereocenters. The largest absolute Gasteiger partial charge is 0.462 e. The molecule has 0 spiro atoms. The van der Waals surface area contributed by atoms with Crippen LogP contribution >= 0.6 is 0 Å². The van der Waals surface area contributed by atoms with Crippen LogP contribution < -0.4 is 0 Å². The summed E-state index contributed by atoms with van der Waals surface area (Å²) in [4.78, 5) is 37.8. The number of unbranched alkanes of at least 4 members (excludes halogenated alkanes) is 29. The molecule has 6 heteroatoms. The van der Waals surface area contributed by atoms with Crippen molar-refractivity contribution in [1.82, 2.24) is 0 Å². The molecule has 0 saturated carbocycles. The van der Waals surface area contributed by atoms with Crippen LogP contribution in [0.5, 0.6) is 0 Å². The number of hydrogen-bond donors (Lipinski definition) is 0. The smallest absolute Gasteiger partial charge is 0.306 e. The Morgan fingerprint density at radius 1 is 0.309 bits per heavy atom. The summed E-state index contributed by atoms with van der Waals surface area (Å²) < 4.78 is 16.7. The fourth-order valence-corrected chi connectivity index (χ4v) is 8.18. The first kappa shape index (κ1) is 64.8. The number of ether oxygens (including phenoxy) is 3. The second-order valence-electron chi connectivity index (χ2n) is 19.2. The average Bonchev–Trinajstić information content (AvgIpc) is 3.34. The molecule has 0 aromatic carbocycles. The van der Waals surface area contributed by atoms with Crippen LogP contribution in [0.25, 0.3) is 0 Å². The van der Waals surface area contributed by atoms with Gasteiger partial charge in [-0.05, 0) is 57.8 Å². The molecule has 0 aliphatic carbocycles. The van der Waals surface area contributed by atoms with E-state index in [9.17, 15) is 14.4 Å². The molecule has 0 fully saturated rings. The van der Waals surface area contributed by atoms with E-state index in [1.54, 1.807) is 0 Å². The van der Waals surface area contributed by atoms with Crippen molar-refractivity contribution in [3.63, 3.8) is 0 Å². The quantitative estimate of drug-likeness (QED) is 0.0262. The van der Waals surface area contributed by atoms with E-state index < -0.39 is 12.1 Å². The van der Waals surface area contributed by atoms with Gasteiger partial charge in [0.05, 0.1) is 0 Å². The van der Waals surface area contributed by atoms with Crippen molar-refractivity contribution in [3.05, 3.63) is 72.9 Å². The fraction of sp³-hybridized carbons (Fsp3) is 0.758. The second-order valence-corrected chi connectivity index (χ2v) is 19.2. The maximum atomic E-state index is 12.7. The third-order valence-corrected chi connectivity index (χ3v) is 12.5. The van der Waals surface area contributed by atoms with Crippen LogP contribution in [0.15, 0.2) is 72.9 Å². The lowest BCUT2D eigenvalue weighted by Crippen LogP contribution is -2.30. The first-order valence-corrected chi connectivity index (χ1v) is 28.9. The Morgan fingerprint density at radius 2 is 0.574 bits per heavy atom. The van der Waals surface area contributed by atoms with Gasteiger partial charge in [-0.15, -0.1) is 0 Å². The van der Waals surface area contributed by atoms with Crippen LogP contribution in [-0.2, 0) is 28.6 Å². The fourth-order valence-electron chi connectivity index (χ4n) is 8.18. The molecule has 0 amide bonds. The van der Waals surface area contributed by atoms with E-state index in [0.717, 1.165) is 77.0 Å². The SMILES string of the molecule is CC/C=C\C/C=C\C/C=C\C/C=C\C/C=C\C/C=C\CCC(=O)OC(COC(=O)CCCCCCCC)COC(=O)CCCCCCCCCCCCCCCCCCCCCCCCCCC. The predicted molar refractivity (Wildman–Crippen MR) is 293 cm³/mol. The van der Waals surface area contributed by atoms with Gasteiger partial charge in [-0.3, -0.25) is 14.4 Å². The van der Waals surface area contributed by atoms with Crippen molar-refractivity contribution < 1.29 is 28.6 Å². The summed E-state index contributed by atoms with van der Waals surface area (Å²) in [6.45, 7) is 6.43. The molecule has 0 aromatic rings. The van der Waals surface area contributed by atoms with Crippen molar-refractivity contribution in [2.45, 2.75) is 290 Å². The molecule has 1 atom stereocenters. The number of carbonyl (C=O) groups is 3. The molecule has 0 aliphatic rings. The number of esters is 3. The molecule has 68 heavy (non-hydrogen) atoms. The highest BCUT2D eigenvalue weighted by molar-refractivity contribution is 5.71. The molecular formula is C62H108O6. The van der Waals surface area contributed by atoms with E-state index in [-0.39, 0.29) is 31.6 Å². The molecule has 392 valence electrons. The van der Waals surface area contributed by atoms with E-state index >= 15 is 0 Å². The summed E-state index contributed by atoms with van der Waals surface area (Å²) in [5.74, 6) is -0.990. The summed E-state index contributed by atoms with van der Waals surface area (Å²) in [5, 5.41) is 0. The molecule has 0 rings (SSSR count). The van der Waals surface area contributed by atoms with Gasteiger partial charge in [-0.25, -0.2) is 0 Å². The molecule has 0 saturated heterocycles. The van der Waals surface area contributed by atoms with Gasteiger partial charge in [0.15, 0.2) is 6.10 Å². The Morgan fingerprint density at radius 3 is 0.868 bits per heavy atom. The maximum Gasteiger partial charge on any atom is 0.306 e. The third kappa shape index (κ3) is 53.8. The Hall–Kier alpha value is -3.15. The summed E-state index contributed by atoms with van der Waals surface area (Å²) in [5.41, 5.74) is 0. The van der Waals surface area contributed by atoms with Gasteiger partial charge in [0.2, 0.25) is 0 Å². The number of carbonyl (C=O) groups excluding carboxylic acids is 3. The van der Waals surface area contributed by atoms with Crippen molar-refractivity contribution in [2.75, 3.05) is 13.2 Å². The monoisotopic (exact) mass is 949 g/mol. The molecule has 0 heterocycles. The molecule has 0 N–H and O–H groups in total. The predicted octanol–water partition coefficient (Wildman–Crippen LogP) is 19.4. The number of allylic oxidation sites excluding steroid dienone is 12. The Bertz CT molecular complexity index is 1270. The maximum absolute atomic E-state index is 12.7. The summed E-state index contributed by atoms with van der Waals surface area (Å²) in [6.07, 6.45) is 72.4. The van der Waals surface area contributed by atoms with Crippen LogP contribution in [0.2, 0.25) is 0 Å². The zero-order valence-corrected chi connectivity index (χ0v) is 44.9. The van der Waals surface area contributed by atoms with Crippen LogP contribution in [0.1, 0.15) is 284 Å². The number of rotatable bonds is 52. The minimum atomic E-state index is -0.811. The standard InChI is InChI=1S/C62H108O6/c1-4-7-10-13-16-18-20-22-24-26-28-29-30-31-32-33-35-36-38-40-42-44-46-49-52-55-61(64)67-58-59(57-66-60(63)54-51-48-15-12-9-6-3)68-62(65)56-53-50-47-45-43-41-39-37-34-27-25-23-21-19-17-14-11-8-5-2/h8,11,17,19,23,25,34,37,41,43,47,50,59H,4-7,9-10,12-16,18,20-22,24,26-33,35-36,38-40,42,44-46,48-49,51-58H2,1-3H3/b11-8-,19-17-,25-23-,37-34-,43-41-,50-47-.